The molecule has 1 amide bonds. The molecule has 0 unspecified atom stereocenters. The zero-order chi connectivity index (χ0) is 19.2. The van der Waals surface area contributed by atoms with Gasteiger partial charge in [-0.25, -0.2) is 4.98 Å². The van der Waals surface area contributed by atoms with Gasteiger partial charge in [0.25, 0.3) is 5.56 Å². The summed E-state index contributed by atoms with van der Waals surface area (Å²) in [6, 6.07) is 11.0. The largest absolute Gasteiger partial charge is 0.383 e. The summed E-state index contributed by atoms with van der Waals surface area (Å²) in [7, 11) is 1.60. The van der Waals surface area contributed by atoms with Gasteiger partial charge in [-0.1, -0.05) is 30.0 Å². The number of thioether (sulfide) groups is 1. The topological polar surface area (TPSA) is 73.2 Å². The SMILES string of the molecule is COC[C@@H](C)n1c(SCC(=O)NCc2cccs2)nc2ccccc2c1=O. The van der Waals surface area contributed by atoms with Crippen molar-refractivity contribution in [3.05, 3.63) is 57.0 Å². The fourth-order valence-electron chi connectivity index (χ4n) is 2.71. The standard InChI is InChI=1S/C19H21N3O3S2/c1-13(11-25-2)22-18(24)15-7-3-4-8-16(15)21-19(22)27-12-17(23)20-10-14-6-5-9-26-14/h3-9,13H,10-12H2,1-2H3,(H,20,23)/t13-/m1/s1. The number of benzene rings is 1. The summed E-state index contributed by atoms with van der Waals surface area (Å²) in [6.45, 7) is 2.80. The Labute approximate surface area is 165 Å². The van der Waals surface area contributed by atoms with Crippen molar-refractivity contribution in [1.82, 2.24) is 14.9 Å². The molecule has 1 atom stereocenters. The lowest BCUT2D eigenvalue weighted by molar-refractivity contribution is -0.118. The first kappa shape index (κ1) is 19.6. The van der Waals surface area contributed by atoms with E-state index < -0.39 is 0 Å². The predicted octanol–water partition coefficient (Wildman–Crippen LogP) is 3.07. The van der Waals surface area contributed by atoms with Gasteiger partial charge in [0.05, 0.1) is 35.8 Å². The van der Waals surface area contributed by atoms with Gasteiger partial charge in [-0.05, 0) is 30.5 Å². The number of carbonyl (C=O) groups is 1. The summed E-state index contributed by atoms with van der Waals surface area (Å²) in [5.41, 5.74) is 0.511. The van der Waals surface area contributed by atoms with Gasteiger partial charge < -0.3 is 10.1 Å². The summed E-state index contributed by atoms with van der Waals surface area (Å²) in [6.07, 6.45) is 0. The molecule has 0 fully saturated rings. The molecule has 0 saturated heterocycles. The Bertz CT molecular complexity index is 970. The molecule has 0 radical (unpaired) electrons. The van der Waals surface area contributed by atoms with Crippen LogP contribution in [0, 0.1) is 0 Å². The molecular weight excluding hydrogens is 382 g/mol. The Kier molecular flexibility index (Phi) is 6.65. The van der Waals surface area contributed by atoms with Crippen molar-refractivity contribution in [3.8, 4) is 0 Å². The first-order valence-electron chi connectivity index (χ1n) is 8.52. The molecule has 0 aliphatic rings. The first-order valence-corrected chi connectivity index (χ1v) is 10.4. The lowest BCUT2D eigenvalue weighted by Gasteiger charge is -2.18. The van der Waals surface area contributed by atoms with Crippen molar-refractivity contribution >= 4 is 39.9 Å². The lowest BCUT2D eigenvalue weighted by atomic mass is 10.2. The molecular formula is C19H21N3O3S2. The van der Waals surface area contributed by atoms with E-state index in [4.69, 9.17) is 4.74 Å². The molecule has 0 saturated carbocycles. The van der Waals surface area contributed by atoms with Crippen LogP contribution in [0.1, 0.15) is 17.8 Å². The van der Waals surface area contributed by atoms with Crippen molar-refractivity contribution in [3.63, 3.8) is 0 Å². The minimum atomic E-state index is -0.184. The molecule has 0 aliphatic carbocycles. The Hall–Kier alpha value is -2.16. The van der Waals surface area contributed by atoms with Crippen LogP contribution in [0.2, 0.25) is 0 Å². The molecule has 0 aliphatic heterocycles. The van der Waals surface area contributed by atoms with E-state index in [1.807, 2.05) is 42.6 Å². The van der Waals surface area contributed by atoms with E-state index in [-0.39, 0.29) is 23.3 Å². The van der Waals surface area contributed by atoms with Gasteiger partial charge >= 0.3 is 0 Å². The normalized spacial score (nSPS) is 12.2. The van der Waals surface area contributed by atoms with E-state index in [1.165, 1.54) is 11.8 Å². The number of hydrogen-bond acceptors (Lipinski definition) is 6. The number of nitrogens with zero attached hydrogens (tertiary/aromatic N) is 2. The smallest absolute Gasteiger partial charge is 0.262 e. The van der Waals surface area contributed by atoms with Crippen LogP contribution < -0.4 is 10.9 Å². The van der Waals surface area contributed by atoms with Crippen LogP contribution in [0.15, 0.2) is 51.7 Å². The van der Waals surface area contributed by atoms with E-state index in [0.29, 0.717) is 29.2 Å². The van der Waals surface area contributed by atoms with E-state index in [1.54, 1.807) is 29.1 Å². The average molecular weight is 404 g/mol. The van der Waals surface area contributed by atoms with Gasteiger partial charge in [0.2, 0.25) is 5.91 Å². The van der Waals surface area contributed by atoms with E-state index in [9.17, 15) is 9.59 Å². The minimum Gasteiger partial charge on any atom is -0.383 e. The summed E-state index contributed by atoms with van der Waals surface area (Å²) in [5, 5.41) is 5.95. The average Bonchev–Trinajstić information content (AvgIpc) is 3.18. The number of hydrogen-bond donors (Lipinski definition) is 1. The van der Waals surface area contributed by atoms with Crippen molar-refractivity contribution in [1.29, 1.82) is 0 Å². The molecule has 8 heteroatoms. The van der Waals surface area contributed by atoms with Gasteiger partial charge in [-0.15, -0.1) is 11.3 Å². The fraction of sp³-hybridized carbons (Fsp3) is 0.316. The highest BCUT2D eigenvalue weighted by atomic mass is 32.2. The number of fused-ring (bicyclic) bond motifs is 1. The number of thiophene rings is 1. The van der Waals surface area contributed by atoms with E-state index >= 15 is 0 Å². The number of amides is 1. The van der Waals surface area contributed by atoms with Crippen molar-refractivity contribution < 1.29 is 9.53 Å². The summed E-state index contributed by atoms with van der Waals surface area (Å²) >= 11 is 2.86. The highest BCUT2D eigenvalue weighted by Gasteiger charge is 2.17. The third-order valence-electron chi connectivity index (χ3n) is 4.00. The highest BCUT2D eigenvalue weighted by Crippen LogP contribution is 2.21. The second kappa shape index (κ2) is 9.16. The van der Waals surface area contributed by atoms with Crippen LogP contribution >= 0.6 is 23.1 Å². The molecule has 0 bridgehead atoms. The Balaban J connectivity index is 1.80. The number of rotatable bonds is 8. The number of nitrogens with one attached hydrogen (secondary N) is 1. The predicted molar refractivity (Wildman–Crippen MR) is 109 cm³/mol. The molecule has 0 spiro atoms. The third kappa shape index (κ3) is 4.77. The molecule has 27 heavy (non-hydrogen) atoms. The van der Waals surface area contributed by atoms with Gasteiger partial charge in [-0.2, -0.15) is 0 Å². The fourth-order valence-corrected chi connectivity index (χ4v) is 4.28. The van der Waals surface area contributed by atoms with E-state index in [2.05, 4.69) is 10.3 Å². The zero-order valence-corrected chi connectivity index (χ0v) is 16.8. The first-order chi connectivity index (χ1) is 13.1. The molecule has 2 aromatic heterocycles. The number of aromatic nitrogens is 2. The maximum absolute atomic E-state index is 12.9. The molecule has 3 rings (SSSR count). The van der Waals surface area contributed by atoms with Crippen LogP contribution in [-0.4, -0.2) is 34.9 Å². The second-order valence-corrected chi connectivity index (χ2v) is 8.01. The number of carbonyl (C=O) groups excluding carboxylic acids is 1. The minimum absolute atomic E-state index is 0.0956. The Morgan fingerprint density at radius 1 is 1.33 bits per heavy atom. The highest BCUT2D eigenvalue weighted by molar-refractivity contribution is 7.99. The Morgan fingerprint density at radius 2 is 2.15 bits per heavy atom. The van der Waals surface area contributed by atoms with Crippen LogP contribution in [0.3, 0.4) is 0 Å². The molecule has 6 nitrogen and oxygen atoms in total. The number of ether oxygens (including phenoxy) is 1. The maximum atomic E-state index is 12.9. The van der Waals surface area contributed by atoms with Crippen LogP contribution in [0.25, 0.3) is 10.9 Å². The third-order valence-corrected chi connectivity index (χ3v) is 5.83. The van der Waals surface area contributed by atoms with Crippen LogP contribution in [-0.2, 0) is 16.1 Å². The van der Waals surface area contributed by atoms with E-state index in [0.717, 1.165) is 4.88 Å². The second-order valence-electron chi connectivity index (χ2n) is 6.04. The molecule has 1 N–H and O–H groups in total. The number of para-hydroxylation sites is 1. The summed E-state index contributed by atoms with van der Waals surface area (Å²) < 4.78 is 6.82. The van der Waals surface area contributed by atoms with Crippen molar-refractivity contribution in [2.75, 3.05) is 19.5 Å². The zero-order valence-electron chi connectivity index (χ0n) is 15.2. The summed E-state index contributed by atoms with van der Waals surface area (Å²) in [4.78, 5) is 30.9. The maximum Gasteiger partial charge on any atom is 0.262 e. The van der Waals surface area contributed by atoms with Crippen LogP contribution in [0.5, 0.6) is 0 Å². The van der Waals surface area contributed by atoms with Gasteiger partial charge in [0, 0.05) is 12.0 Å². The van der Waals surface area contributed by atoms with Crippen LogP contribution in [0.4, 0.5) is 0 Å². The van der Waals surface area contributed by atoms with Gasteiger partial charge in [0.1, 0.15) is 0 Å². The molecule has 142 valence electrons. The Morgan fingerprint density at radius 3 is 2.89 bits per heavy atom. The molecule has 2 heterocycles. The lowest BCUT2D eigenvalue weighted by Crippen LogP contribution is -2.29. The van der Waals surface area contributed by atoms with Gasteiger partial charge in [-0.3, -0.25) is 14.2 Å². The number of methoxy groups -OCH3 is 1. The monoisotopic (exact) mass is 403 g/mol. The summed E-state index contributed by atoms with van der Waals surface area (Å²) in [5.74, 6) is 0.0947. The quantitative estimate of drug-likeness (QED) is 0.462. The molecule has 1 aromatic carbocycles. The molecule has 3 aromatic rings. The van der Waals surface area contributed by atoms with Crippen molar-refractivity contribution in [2.45, 2.75) is 24.7 Å². The van der Waals surface area contributed by atoms with Gasteiger partial charge in [0.15, 0.2) is 5.16 Å². The van der Waals surface area contributed by atoms with Crippen molar-refractivity contribution in [2.24, 2.45) is 0 Å².